The number of nitrogens with two attached hydrogens (primary N) is 2. The Kier molecular flexibility index (Phi) is 7.52. The molecule has 3 amide bonds. The van der Waals surface area contributed by atoms with E-state index < -0.39 is 29.8 Å². The summed E-state index contributed by atoms with van der Waals surface area (Å²) in [7, 11) is 0. The van der Waals surface area contributed by atoms with E-state index in [0.29, 0.717) is 21.5 Å². The van der Waals surface area contributed by atoms with E-state index in [4.69, 9.17) is 29.9 Å². The smallest absolute Gasteiger partial charge is 0.252 e. The number of amides is 3. The summed E-state index contributed by atoms with van der Waals surface area (Å²) in [4.78, 5) is 38.6. The number of hydrogen-bond acceptors (Lipinski definition) is 4. The van der Waals surface area contributed by atoms with Crippen molar-refractivity contribution in [3.8, 4) is 0 Å². The molecule has 7 N–H and O–H groups in total. The quantitative estimate of drug-likeness (QED) is 0.237. The maximum absolute atomic E-state index is 13.3. The van der Waals surface area contributed by atoms with Crippen molar-refractivity contribution >= 4 is 35.2 Å². The Labute approximate surface area is 203 Å². The number of primary amides is 1. The predicted molar refractivity (Wildman–Crippen MR) is 130 cm³/mol. The molecule has 8 nitrogen and oxygen atoms in total. The molecule has 9 heteroatoms. The number of hydrogen-bond donors (Lipinski definition) is 5. The number of nitrogens with one attached hydrogen (secondary N) is 3. The lowest BCUT2D eigenvalue weighted by Gasteiger charge is -2.22. The lowest BCUT2D eigenvalue weighted by atomic mass is 10.0. The predicted octanol–water partition coefficient (Wildman–Crippen LogP) is 2.31. The van der Waals surface area contributed by atoms with Crippen molar-refractivity contribution in [2.24, 2.45) is 11.5 Å². The third-order valence-electron chi connectivity index (χ3n) is 5.04. The lowest BCUT2D eigenvalue weighted by Crippen LogP contribution is -2.50. The molecule has 0 radical (unpaired) electrons. The number of halogens is 1. The van der Waals surface area contributed by atoms with Gasteiger partial charge in [0.25, 0.3) is 5.91 Å². The molecule has 2 atom stereocenters. The van der Waals surface area contributed by atoms with Crippen LogP contribution in [0.4, 0.5) is 0 Å². The van der Waals surface area contributed by atoms with Crippen molar-refractivity contribution in [1.82, 2.24) is 10.6 Å². The highest BCUT2D eigenvalue weighted by Crippen LogP contribution is 2.16. The van der Waals surface area contributed by atoms with Crippen LogP contribution in [-0.2, 0) is 16.0 Å². The summed E-state index contributed by atoms with van der Waals surface area (Å²) in [5, 5.41) is 11.2. The summed E-state index contributed by atoms with van der Waals surface area (Å²) in [5.41, 5.74) is 12.5. The van der Waals surface area contributed by atoms with Crippen LogP contribution in [0.25, 0.3) is 0 Å². The monoisotopic (exact) mass is 478 g/mol. The van der Waals surface area contributed by atoms with Crippen LogP contribution < -0.4 is 22.1 Å². The van der Waals surface area contributed by atoms with E-state index in [9.17, 15) is 14.4 Å². The largest absolute Gasteiger partial charge is 0.384 e. The van der Waals surface area contributed by atoms with Crippen molar-refractivity contribution in [3.05, 3.63) is 106 Å². The molecular weight excluding hydrogens is 454 g/mol. The molecule has 0 aliphatic carbocycles. The molecule has 0 unspecified atom stereocenters. The van der Waals surface area contributed by atoms with Crippen LogP contribution in [-0.4, -0.2) is 29.6 Å². The Morgan fingerprint density at radius 3 is 2.21 bits per heavy atom. The number of rotatable bonds is 9. The molecule has 34 heavy (non-hydrogen) atoms. The molecular formula is C25H24ClN5O3. The second-order valence-corrected chi connectivity index (χ2v) is 7.97. The van der Waals surface area contributed by atoms with Crippen LogP contribution in [0, 0.1) is 5.41 Å². The molecule has 0 bridgehead atoms. The van der Waals surface area contributed by atoms with Gasteiger partial charge in [-0.1, -0.05) is 66.2 Å². The van der Waals surface area contributed by atoms with Crippen molar-refractivity contribution in [2.75, 3.05) is 0 Å². The van der Waals surface area contributed by atoms with Gasteiger partial charge in [-0.3, -0.25) is 19.8 Å². The standard InChI is InChI=1S/C25H24ClN5O3/c26-19-11-9-15(10-12-19)13-20(23(29)32)30-25(34)21(16-5-2-1-3-6-16)31-24(33)18-8-4-7-17(14-18)22(27)28/h1-12,14,20-21H,13H2,(H3,27,28)(H2,29,32)(H,30,34)(H,31,33)/t20-,21+/m0/s1/i/hD. The average Bonchev–Trinajstić information content (AvgIpc) is 2.85. The molecule has 0 fully saturated rings. The van der Waals surface area contributed by atoms with Crippen LogP contribution in [0.15, 0.2) is 78.9 Å². The van der Waals surface area contributed by atoms with Crippen molar-refractivity contribution in [1.29, 1.82) is 5.41 Å². The summed E-state index contributed by atoms with van der Waals surface area (Å²) in [5.74, 6) is -2.54. The molecule has 0 spiro atoms. The summed E-state index contributed by atoms with van der Waals surface area (Å²) >= 11 is 5.91. The molecule has 0 saturated carbocycles. The van der Waals surface area contributed by atoms with E-state index >= 15 is 0 Å². The van der Waals surface area contributed by atoms with E-state index in [1.165, 1.54) is 18.2 Å². The van der Waals surface area contributed by atoms with Gasteiger partial charge >= 0.3 is 0 Å². The highest BCUT2D eigenvalue weighted by atomic mass is 35.5. The van der Waals surface area contributed by atoms with Gasteiger partial charge in [0.1, 0.15) is 17.9 Å². The second kappa shape index (κ2) is 11.1. The average molecular weight is 479 g/mol. The minimum absolute atomic E-state index is 0.0778. The van der Waals surface area contributed by atoms with Gasteiger partial charge in [-0.05, 0) is 35.4 Å². The maximum Gasteiger partial charge on any atom is 0.252 e. The first-order valence-electron chi connectivity index (χ1n) is 10.8. The van der Waals surface area contributed by atoms with Crippen LogP contribution in [0.2, 0.25) is 6.43 Å². The summed E-state index contributed by atoms with van der Waals surface area (Å²) in [6.07, 6.45) is 0.104. The van der Waals surface area contributed by atoms with Crippen LogP contribution in [0.1, 0.15) is 33.1 Å². The molecule has 0 heterocycles. The number of carbonyl (C=O) groups is 3. The van der Waals surface area contributed by atoms with Gasteiger partial charge in [0.15, 0.2) is 1.41 Å². The molecule has 3 aromatic rings. The fourth-order valence-electron chi connectivity index (χ4n) is 3.26. The summed E-state index contributed by atoms with van der Waals surface area (Å²) < 4.78 is 8.52. The first kappa shape index (κ1) is 23.0. The zero-order valence-corrected chi connectivity index (χ0v) is 18.8. The van der Waals surface area contributed by atoms with Crippen molar-refractivity contribution in [2.45, 2.75) is 18.5 Å². The van der Waals surface area contributed by atoms with Gasteiger partial charge in [0, 0.05) is 22.6 Å². The number of carbonyl (C=O) groups excluding carboxylic acids is 3. The Morgan fingerprint density at radius 2 is 1.59 bits per heavy atom. The number of benzene rings is 3. The fraction of sp³-hybridized carbons (Fsp3) is 0.120. The molecule has 3 rings (SSSR count). The second-order valence-electron chi connectivity index (χ2n) is 7.54. The van der Waals surface area contributed by atoms with Crippen molar-refractivity contribution in [3.63, 3.8) is 0 Å². The van der Waals surface area contributed by atoms with E-state index in [1.807, 2.05) is 0 Å². The SMILES string of the molecule is [2H]N(C(=O)c1cccc(C(=N)N)c1)[C@@H](C(=O)N[C@@H](Cc1ccc(Cl)cc1)C(N)=O)c1ccccc1. The number of amidine groups is 1. The van der Waals surface area contributed by atoms with E-state index in [2.05, 4.69) is 5.32 Å². The first-order valence-corrected chi connectivity index (χ1v) is 10.7. The molecule has 0 aromatic heterocycles. The maximum atomic E-state index is 13.3. The Bertz CT molecular complexity index is 1240. The third kappa shape index (κ3) is 6.43. The summed E-state index contributed by atoms with van der Waals surface area (Å²) in [6, 6.07) is 18.5. The molecule has 0 aliphatic heterocycles. The Morgan fingerprint density at radius 1 is 0.941 bits per heavy atom. The highest BCUT2D eigenvalue weighted by Gasteiger charge is 2.27. The fourth-order valence-corrected chi connectivity index (χ4v) is 3.39. The minimum atomic E-state index is -1.38. The molecule has 174 valence electrons. The zero-order valence-electron chi connectivity index (χ0n) is 19.1. The van der Waals surface area contributed by atoms with Gasteiger partial charge in [0.05, 0.1) is 0 Å². The molecule has 0 saturated heterocycles. The van der Waals surface area contributed by atoms with E-state index in [-0.39, 0.29) is 17.8 Å². The Hall–Kier alpha value is -4.17. The Balaban J connectivity index is 1.89. The number of nitrogen functional groups attached to an aromatic ring is 1. The molecule has 3 aromatic carbocycles. The van der Waals surface area contributed by atoms with Gasteiger partial charge in [-0.2, -0.15) is 0 Å². The van der Waals surface area contributed by atoms with Gasteiger partial charge in [0.2, 0.25) is 11.8 Å². The first-order chi connectivity index (χ1) is 16.7. The topological polar surface area (TPSA) is 151 Å². The lowest BCUT2D eigenvalue weighted by molar-refractivity contribution is -0.128. The van der Waals surface area contributed by atoms with Gasteiger partial charge in [-0.25, -0.2) is 0 Å². The van der Waals surface area contributed by atoms with E-state index in [0.717, 1.165) is 5.56 Å². The highest BCUT2D eigenvalue weighted by molar-refractivity contribution is 6.30. The third-order valence-corrected chi connectivity index (χ3v) is 5.30. The molecule has 0 aliphatic rings. The summed E-state index contributed by atoms with van der Waals surface area (Å²) in [6.45, 7) is 0. The van der Waals surface area contributed by atoms with Gasteiger partial charge < -0.3 is 22.1 Å². The normalized spacial score (nSPS) is 12.7. The minimum Gasteiger partial charge on any atom is -0.384 e. The van der Waals surface area contributed by atoms with Crippen LogP contribution >= 0.6 is 11.6 Å². The van der Waals surface area contributed by atoms with Gasteiger partial charge in [-0.15, -0.1) is 0 Å². The van der Waals surface area contributed by atoms with E-state index in [1.54, 1.807) is 60.7 Å². The van der Waals surface area contributed by atoms with Crippen LogP contribution in [0.5, 0.6) is 0 Å². The zero-order chi connectivity index (χ0) is 25.5. The van der Waals surface area contributed by atoms with Crippen LogP contribution in [0.3, 0.4) is 0 Å². The van der Waals surface area contributed by atoms with Crippen molar-refractivity contribution < 1.29 is 15.8 Å².